The number of ketones is 2. The first-order valence-electron chi connectivity index (χ1n) is 11.7. The highest BCUT2D eigenvalue weighted by Crippen LogP contribution is 2.41. The van der Waals surface area contributed by atoms with E-state index in [0.29, 0.717) is 18.9 Å². The summed E-state index contributed by atoms with van der Waals surface area (Å²) >= 11 is 0. The van der Waals surface area contributed by atoms with Crippen LogP contribution in [0.2, 0.25) is 0 Å². The van der Waals surface area contributed by atoms with Gasteiger partial charge in [0.1, 0.15) is 5.78 Å². The summed E-state index contributed by atoms with van der Waals surface area (Å²) in [4.78, 5) is 25.6. The van der Waals surface area contributed by atoms with Crippen molar-refractivity contribution in [1.82, 2.24) is 5.32 Å². The first-order valence-corrected chi connectivity index (χ1v) is 11.7. The highest BCUT2D eigenvalue weighted by Gasteiger charge is 2.45. The molecule has 2 aliphatic carbocycles. The van der Waals surface area contributed by atoms with Crippen LogP contribution < -0.4 is 5.32 Å². The van der Waals surface area contributed by atoms with Gasteiger partial charge in [0.25, 0.3) is 0 Å². The third-order valence-electron chi connectivity index (χ3n) is 6.91. The summed E-state index contributed by atoms with van der Waals surface area (Å²) in [5.41, 5.74) is 4.44. The molecule has 3 atom stereocenters. The predicted octanol–water partition coefficient (Wildman–Crippen LogP) is 5.55. The van der Waals surface area contributed by atoms with Crippen molar-refractivity contribution < 1.29 is 9.59 Å². The molecule has 0 radical (unpaired) electrons. The average molecular weight is 396 g/mol. The molecule has 0 saturated heterocycles. The van der Waals surface area contributed by atoms with Crippen LogP contribution in [-0.2, 0) is 16.0 Å². The van der Waals surface area contributed by atoms with E-state index in [2.05, 4.69) is 36.5 Å². The van der Waals surface area contributed by atoms with Gasteiger partial charge in [0.2, 0.25) is 0 Å². The van der Waals surface area contributed by atoms with E-state index in [0.717, 1.165) is 30.0 Å². The molecule has 0 amide bonds. The number of carbonyl (C=O) groups is 2. The topological polar surface area (TPSA) is 46.2 Å². The van der Waals surface area contributed by atoms with Crippen LogP contribution in [0.25, 0.3) is 0 Å². The van der Waals surface area contributed by atoms with Crippen molar-refractivity contribution in [3.63, 3.8) is 0 Å². The maximum atomic E-state index is 13.2. The molecule has 0 bridgehead atoms. The molecule has 1 aliphatic heterocycles. The lowest BCUT2D eigenvalue weighted by Crippen LogP contribution is -2.33. The highest BCUT2D eigenvalue weighted by molar-refractivity contribution is 6.14. The summed E-state index contributed by atoms with van der Waals surface area (Å²) in [5.74, 6) is 0.748. The first-order chi connectivity index (χ1) is 14.1. The van der Waals surface area contributed by atoms with E-state index < -0.39 is 5.92 Å². The van der Waals surface area contributed by atoms with E-state index in [1.807, 2.05) is 20.8 Å². The van der Waals surface area contributed by atoms with Gasteiger partial charge in [0.15, 0.2) is 5.78 Å². The van der Waals surface area contributed by atoms with Gasteiger partial charge < -0.3 is 5.32 Å². The Morgan fingerprint density at radius 3 is 2.31 bits per heavy atom. The Labute approximate surface area is 176 Å². The lowest BCUT2D eigenvalue weighted by molar-refractivity contribution is -0.131. The number of nitrogens with one attached hydrogen (secondary N) is 1. The monoisotopic (exact) mass is 395 g/mol. The van der Waals surface area contributed by atoms with E-state index in [-0.39, 0.29) is 17.5 Å². The van der Waals surface area contributed by atoms with Gasteiger partial charge in [-0.3, -0.25) is 9.59 Å². The number of aryl methyl sites for hydroxylation is 1. The molecular weight excluding hydrogens is 358 g/mol. The number of carbonyl (C=O) groups excluding carboxylic acids is 2. The Balaban J connectivity index is 0.00000117. The number of hydrogen-bond donors (Lipinski definition) is 1. The van der Waals surface area contributed by atoms with Crippen LogP contribution in [0.4, 0.5) is 0 Å². The van der Waals surface area contributed by atoms with Crippen molar-refractivity contribution in [2.45, 2.75) is 85.1 Å². The van der Waals surface area contributed by atoms with Crippen molar-refractivity contribution >= 4 is 11.6 Å². The van der Waals surface area contributed by atoms with Crippen LogP contribution in [0.5, 0.6) is 0 Å². The molecule has 1 aromatic carbocycles. The van der Waals surface area contributed by atoms with Gasteiger partial charge in [0.05, 0.1) is 5.92 Å². The lowest BCUT2D eigenvalue weighted by Gasteiger charge is -2.26. The normalized spacial score (nSPS) is 26.8. The number of benzene rings is 1. The Kier molecular flexibility index (Phi) is 7.32. The maximum absolute atomic E-state index is 13.2. The quantitative estimate of drug-likeness (QED) is 0.665. The van der Waals surface area contributed by atoms with Crippen LogP contribution in [0.3, 0.4) is 0 Å². The molecule has 4 rings (SSSR count). The molecule has 3 unspecified atom stereocenters. The van der Waals surface area contributed by atoms with E-state index in [4.69, 9.17) is 0 Å². The largest absolute Gasteiger partial charge is 0.384 e. The molecule has 3 nitrogen and oxygen atoms in total. The number of hydrogen-bond acceptors (Lipinski definition) is 3. The van der Waals surface area contributed by atoms with E-state index >= 15 is 0 Å². The van der Waals surface area contributed by atoms with Crippen LogP contribution in [0.1, 0.15) is 76.8 Å². The SMILES string of the molecule is CC.CCC1C(=O)CC2=C(C1=O)C(Cc1ccc(C)cc1)C(CC1CCCC1)N2. The van der Waals surface area contributed by atoms with Gasteiger partial charge in [-0.25, -0.2) is 0 Å². The fraction of sp³-hybridized carbons (Fsp3) is 0.615. The zero-order valence-corrected chi connectivity index (χ0v) is 18.6. The van der Waals surface area contributed by atoms with Gasteiger partial charge in [-0.1, -0.05) is 76.3 Å². The molecule has 1 heterocycles. The molecular formula is C26H37NO2. The minimum absolute atomic E-state index is 0.0993. The first kappa shape index (κ1) is 21.8. The van der Waals surface area contributed by atoms with E-state index in [9.17, 15) is 9.59 Å². The molecule has 29 heavy (non-hydrogen) atoms. The molecule has 3 heteroatoms. The molecule has 158 valence electrons. The minimum Gasteiger partial charge on any atom is -0.384 e. The molecule has 1 saturated carbocycles. The van der Waals surface area contributed by atoms with E-state index in [1.54, 1.807) is 0 Å². The molecule has 1 aromatic rings. The summed E-state index contributed by atoms with van der Waals surface area (Å²) < 4.78 is 0. The van der Waals surface area contributed by atoms with Crippen LogP contribution in [0, 0.1) is 24.7 Å². The van der Waals surface area contributed by atoms with E-state index in [1.165, 1.54) is 36.8 Å². The fourth-order valence-electron chi connectivity index (χ4n) is 5.40. The molecule has 1 N–H and O–H groups in total. The smallest absolute Gasteiger partial charge is 0.171 e. The zero-order chi connectivity index (χ0) is 21.0. The third-order valence-corrected chi connectivity index (χ3v) is 6.91. The predicted molar refractivity (Wildman–Crippen MR) is 119 cm³/mol. The number of allylic oxidation sites excluding steroid dienone is 1. The molecule has 1 fully saturated rings. The lowest BCUT2D eigenvalue weighted by atomic mass is 9.75. The summed E-state index contributed by atoms with van der Waals surface area (Å²) in [6.45, 7) is 8.06. The Bertz CT molecular complexity index is 755. The van der Waals surface area contributed by atoms with Crippen LogP contribution in [0.15, 0.2) is 35.5 Å². The van der Waals surface area contributed by atoms with Crippen molar-refractivity contribution in [2.24, 2.45) is 17.8 Å². The van der Waals surface area contributed by atoms with Gasteiger partial charge in [-0.2, -0.15) is 0 Å². The van der Waals surface area contributed by atoms with Crippen LogP contribution >= 0.6 is 0 Å². The van der Waals surface area contributed by atoms with Crippen molar-refractivity contribution in [2.75, 3.05) is 0 Å². The van der Waals surface area contributed by atoms with Gasteiger partial charge >= 0.3 is 0 Å². The second-order valence-corrected chi connectivity index (χ2v) is 8.79. The maximum Gasteiger partial charge on any atom is 0.171 e. The Hall–Kier alpha value is -1.90. The minimum atomic E-state index is -0.420. The standard InChI is InChI=1S/C24H31NO2.C2H6/c1-3-18-22(26)14-21-23(24(18)27)19(12-17-10-8-15(2)9-11-17)20(25-21)13-16-6-4-5-7-16;1-2/h8-11,16,18-20,25H,3-7,12-14H2,1-2H3;1-2H3. The van der Waals surface area contributed by atoms with Crippen molar-refractivity contribution in [3.05, 3.63) is 46.7 Å². The fourth-order valence-corrected chi connectivity index (χ4v) is 5.40. The number of Topliss-reactive ketones (excluding diaryl/α,β-unsaturated/α-hetero) is 2. The van der Waals surface area contributed by atoms with Crippen molar-refractivity contribution in [1.29, 1.82) is 0 Å². The Morgan fingerprint density at radius 2 is 1.69 bits per heavy atom. The van der Waals surface area contributed by atoms with Crippen LogP contribution in [-0.4, -0.2) is 17.6 Å². The number of rotatable bonds is 5. The Morgan fingerprint density at radius 1 is 1.03 bits per heavy atom. The summed E-state index contributed by atoms with van der Waals surface area (Å²) in [6, 6.07) is 8.99. The average Bonchev–Trinajstić information content (AvgIpc) is 3.34. The zero-order valence-electron chi connectivity index (χ0n) is 18.6. The van der Waals surface area contributed by atoms with Crippen molar-refractivity contribution in [3.8, 4) is 0 Å². The molecule has 0 spiro atoms. The summed E-state index contributed by atoms with van der Waals surface area (Å²) in [5, 5.41) is 3.64. The molecule has 3 aliphatic rings. The third kappa shape index (κ3) is 4.65. The highest BCUT2D eigenvalue weighted by atomic mass is 16.2. The molecule has 0 aromatic heterocycles. The van der Waals surface area contributed by atoms with Gasteiger partial charge in [-0.15, -0.1) is 0 Å². The second kappa shape index (κ2) is 9.73. The van der Waals surface area contributed by atoms with Gasteiger partial charge in [-0.05, 0) is 37.7 Å². The second-order valence-electron chi connectivity index (χ2n) is 8.79. The summed E-state index contributed by atoms with van der Waals surface area (Å²) in [6.07, 6.45) is 8.35. The van der Waals surface area contributed by atoms with Gasteiger partial charge in [0, 0.05) is 29.7 Å². The summed E-state index contributed by atoms with van der Waals surface area (Å²) in [7, 11) is 0.